The lowest BCUT2D eigenvalue weighted by molar-refractivity contribution is 0.0924. The van der Waals surface area contributed by atoms with Gasteiger partial charge in [-0.2, -0.15) is 0 Å². The van der Waals surface area contributed by atoms with Crippen LogP contribution in [-0.4, -0.2) is 18.9 Å². The Morgan fingerprint density at radius 3 is 2.42 bits per heavy atom. The molecule has 0 saturated carbocycles. The number of carbonyl (C=O) groups is 2. The number of carbonyl (C=O) groups excluding carboxylic acids is 2. The molecule has 0 atom stereocenters. The zero-order valence-corrected chi connectivity index (χ0v) is 6.46. The summed E-state index contributed by atoms with van der Waals surface area (Å²) in [5.41, 5.74) is 4.90. The second-order valence-corrected chi connectivity index (χ2v) is 2.11. The number of amides is 2. The molecule has 0 fully saturated rings. The van der Waals surface area contributed by atoms with Gasteiger partial charge in [-0.05, 0) is 12.1 Å². The monoisotopic (exact) mass is 168 g/mol. The van der Waals surface area contributed by atoms with Crippen molar-refractivity contribution < 1.29 is 14.0 Å². The van der Waals surface area contributed by atoms with Crippen LogP contribution in [0.25, 0.3) is 0 Å². The molecule has 0 aromatic carbocycles. The molecule has 5 heteroatoms. The Bertz CT molecular complexity index is 316. The van der Waals surface area contributed by atoms with Gasteiger partial charge < -0.3 is 15.5 Å². The van der Waals surface area contributed by atoms with E-state index in [0.29, 0.717) is 0 Å². The van der Waals surface area contributed by atoms with Crippen molar-refractivity contribution >= 4 is 11.8 Å². The van der Waals surface area contributed by atoms with E-state index in [1.165, 1.54) is 19.2 Å². The smallest absolute Gasteiger partial charge is 0.286 e. The van der Waals surface area contributed by atoms with Crippen molar-refractivity contribution in [2.75, 3.05) is 7.05 Å². The van der Waals surface area contributed by atoms with E-state index in [1.807, 2.05) is 0 Å². The quantitative estimate of drug-likeness (QED) is 0.637. The van der Waals surface area contributed by atoms with Gasteiger partial charge in [-0.1, -0.05) is 0 Å². The second-order valence-electron chi connectivity index (χ2n) is 2.11. The Morgan fingerprint density at radius 2 is 2.00 bits per heavy atom. The van der Waals surface area contributed by atoms with E-state index in [0.717, 1.165) is 0 Å². The topological polar surface area (TPSA) is 85.3 Å². The van der Waals surface area contributed by atoms with Gasteiger partial charge in [0.1, 0.15) is 0 Å². The minimum Gasteiger partial charge on any atom is -0.446 e. The fourth-order valence-corrected chi connectivity index (χ4v) is 0.716. The lowest BCUT2D eigenvalue weighted by atomic mass is 10.4. The summed E-state index contributed by atoms with van der Waals surface area (Å²) in [5.74, 6) is -1.02. The van der Waals surface area contributed by atoms with Crippen molar-refractivity contribution in [1.82, 2.24) is 5.32 Å². The minimum absolute atomic E-state index is 0.0198. The zero-order valence-electron chi connectivity index (χ0n) is 6.46. The molecule has 12 heavy (non-hydrogen) atoms. The molecule has 64 valence electrons. The van der Waals surface area contributed by atoms with Gasteiger partial charge in [0.25, 0.3) is 11.8 Å². The maximum Gasteiger partial charge on any atom is 0.286 e. The number of hydrogen-bond donors (Lipinski definition) is 2. The summed E-state index contributed by atoms with van der Waals surface area (Å²) >= 11 is 0. The molecule has 5 nitrogen and oxygen atoms in total. The molecule has 1 aromatic rings. The van der Waals surface area contributed by atoms with E-state index in [2.05, 4.69) is 5.32 Å². The second kappa shape index (κ2) is 3.08. The summed E-state index contributed by atoms with van der Waals surface area (Å²) in [5, 5.41) is 2.35. The molecule has 2 amide bonds. The maximum atomic E-state index is 10.9. The molecule has 0 bridgehead atoms. The molecule has 0 aliphatic heterocycles. The first-order valence-electron chi connectivity index (χ1n) is 3.27. The lowest BCUT2D eigenvalue weighted by Crippen LogP contribution is -2.17. The van der Waals surface area contributed by atoms with Crippen LogP contribution in [0.15, 0.2) is 16.5 Å². The van der Waals surface area contributed by atoms with Crippen molar-refractivity contribution in [2.45, 2.75) is 0 Å². The van der Waals surface area contributed by atoms with Crippen molar-refractivity contribution in [2.24, 2.45) is 5.73 Å². The number of nitrogens with one attached hydrogen (secondary N) is 1. The predicted octanol–water partition coefficient (Wildman–Crippen LogP) is -0.262. The molecule has 0 unspecified atom stereocenters. The van der Waals surface area contributed by atoms with Crippen LogP contribution in [0, 0.1) is 0 Å². The van der Waals surface area contributed by atoms with E-state index in [9.17, 15) is 9.59 Å². The minimum atomic E-state index is -0.690. The SMILES string of the molecule is CNC(=O)c1ccc(C(N)=O)o1. The summed E-state index contributed by atoms with van der Waals surface area (Å²) in [6.07, 6.45) is 0. The highest BCUT2D eigenvalue weighted by molar-refractivity contribution is 5.94. The Morgan fingerprint density at radius 1 is 1.42 bits per heavy atom. The van der Waals surface area contributed by atoms with Gasteiger partial charge in [0.15, 0.2) is 11.5 Å². The van der Waals surface area contributed by atoms with E-state index in [-0.39, 0.29) is 17.4 Å². The largest absolute Gasteiger partial charge is 0.446 e. The molecule has 0 spiro atoms. The van der Waals surface area contributed by atoms with E-state index in [4.69, 9.17) is 10.2 Å². The summed E-state index contributed by atoms with van der Waals surface area (Å²) in [7, 11) is 1.47. The Labute approximate surface area is 68.5 Å². The van der Waals surface area contributed by atoms with Crippen LogP contribution >= 0.6 is 0 Å². The third kappa shape index (κ3) is 1.45. The highest BCUT2D eigenvalue weighted by atomic mass is 16.4. The highest BCUT2D eigenvalue weighted by Gasteiger charge is 2.11. The van der Waals surface area contributed by atoms with E-state index >= 15 is 0 Å². The standard InChI is InChI=1S/C7H8N2O3/c1-9-7(11)5-3-2-4(12-5)6(8)10/h2-3H,1H3,(H2,8,10)(H,9,11). The third-order valence-electron chi connectivity index (χ3n) is 1.30. The van der Waals surface area contributed by atoms with Crippen molar-refractivity contribution in [1.29, 1.82) is 0 Å². The first kappa shape index (κ1) is 8.32. The summed E-state index contributed by atoms with van der Waals surface area (Å²) in [4.78, 5) is 21.4. The van der Waals surface area contributed by atoms with Crippen molar-refractivity contribution in [3.63, 3.8) is 0 Å². The fraction of sp³-hybridized carbons (Fsp3) is 0.143. The average Bonchev–Trinajstić information content (AvgIpc) is 2.51. The van der Waals surface area contributed by atoms with Crippen LogP contribution in [0.3, 0.4) is 0 Å². The third-order valence-corrected chi connectivity index (χ3v) is 1.30. The number of primary amides is 1. The first-order chi connectivity index (χ1) is 5.65. The highest BCUT2D eigenvalue weighted by Crippen LogP contribution is 2.06. The Balaban J connectivity index is 2.91. The van der Waals surface area contributed by atoms with Crippen LogP contribution in [-0.2, 0) is 0 Å². The summed E-state index contributed by atoms with van der Waals surface area (Å²) in [6.45, 7) is 0. The fourth-order valence-electron chi connectivity index (χ4n) is 0.716. The van der Waals surface area contributed by atoms with E-state index in [1.54, 1.807) is 0 Å². The van der Waals surface area contributed by atoms with Gasteiger partial charge >= 0.3 is 0 Å². The molecular weight excluding hydrogens is 160 g/mol. The van der Waals surface area contributed by atoms with Crippen LogP contribution in [0.5, 0.6) is 0 Å². The molecule has 0 aliphatic carbocycles. The number of hydrogen-bond acceptors (Lipinski definition) is 3. The Kier molecular flexibility index (Phi) is 2.14. The van der Waals surface area contributed by atoms with Gasteiger partial charge in [0, 0.05) is 7.05 Å². The van der Waals surface area contributed by atoms with Crippen LogP contribution in [0.2, 0.25) is 0 Å². The molecule has 1 heterocycles. The first-order valence-corrected chi connectivity index (χ1v) is 3.27. The van der Waals surface area contributed by atoms with Crippen LogP contribution in [0.1, 0.15) is 21.1 Å². The van der Waals surface area contributed by atoms with Gasteiger partial charge in [-0.25, -0.2) is 0 Å². The van der Waals surface area contributed by atoms with Gasteiger partial charge in [-0.15, -0.1) is 0 Å². The van der Waals surface area contributed by atoms with Crippen LogP contribution in [0.4, 0.5) is 0 Å². The summed E-state index contributed by atoms with van der Waals surface area (Å²) < 4.78 is 4.81. The number of furan rings is 1. The van der Waals surface area contributed by atoms with Crippen LogP contribution < -0.4 is 11.1 Å². The Hall–Kier alpha value is -1.78. The number of nitrogens with two attached hydrogens (primary N) is 1. The van der Waals surface area contributed by atoms with Crippen molar-refractivity contribution in [3.8, 4) is 0 Å². The molecule has 0 aliphatic rings. The van der Waals surface area contributed by atoms with Gasteiger partial charge in [-0.3, -0.25) is 9.59 Å². The summed E-state index contributed by atoms with van der Waals surface area (Å²) in [6, 6.07) is 2.74. The van der Waals surface area contributed by atoms with E-state index < -0.39 is 5.91 Å². The number of rotatable bonds is 2. The normalized spacial score (nSPS) is 9.42. The molecule has 3 N–H and O–H groups in total. The molecule has 1 aromatic heterocycles. The van der Waals surface area contributed by atoms with Gasteiger partial charge in [0.2, 0.25) is 0 Å². The van der Waals surface area contributed by atoms with Gasteiger partial charge in [0.05, 0.1) is 0 Å². The predicted molar refractivity (Wildman–Crippen MR) is 40.6 cm³/mol. The molecule has 0 radical (unpaired) electrons. The molecular formula is C7H8N2O3. The molecule has 0 saturated heterocycles. The lowest BCUT2D eigenvalue weighted by Gasteiger charge is -1.92. The average molecular weight is 168 g/mol. The maximum absolute atomic E-state index is 10.9. The molecule has 1 rings (SSSR count). The van der Waals surface area contributed by atoms with Crippen molar-refractivity contribution in [3.05, 3.63) is 23.7 Å². The zero-order chi connectivity index (χ0) is 9.14.